The Bertz CT molecular complexity index is 1110. The fourth-order valence-electron chi connectivity index (χ4n) is 2.75. The van der Waals surface area contributed by atoms with E-state index in [2.05, 4.69) is 57.3 Å². The fraction of sp³-hybridized carbons (Fsp3) is 0.0952. The number of thioether (sulfide) groups is 1. The largest absolute Gasteiger partial charge is 0.293 e. The summed E-state index contributed by atoms with van der Waals surface area (Å²) in [6.07, 6.45) is 0. The van der Waals surface area contributed by atoms with Crippen LogP contribution in [-0.2, 0) is 0 Å². The number of rotatable bonds is 6. The van der Waals surface area contributed by atoms with Crippen LogP contribution in [0.2, 0.25) is 0 Å². The predicted octanol–water partition coefficient (Wildman–Crippen LogP) is 6.04. The van der Waals surface area contributed by atoms with Crippen molar-refractivity contribution in [2.45, 2.75) is 12.1 Å². The number of hydrogen-bond donors (Lipinski definition) is 0. The zero-order chi connectivity index (χ0) is 19.5. The average molecular weight is 470 g/mol. The van der Waals surface area contributed by atoms with Gasteiger partial charge in [0.1, 0.15) is 0 Å². The van der Waals surface area contributed by atoms with Crippen molar-refractivity contribution >= 4 is 44.8 Å². The van der Waals surface area contributed by atoms with Crippen molar-refractivity contribution in [3.8, 4) is 16.4 Å². The number of ketones is 1. The predicted molar refractivity (Wildman–Crippen MR) is 119 cm³/mol. The molecule has 4 nitrogen and oxygen atoms in total. The Morgan fingerprint density at radius 3 is 2.57 bits per heavy atom. The normalized spacial score (nSPS) is 10.9. The molecule has 0 radical (unpaired) electrons. The van der Waals surface area contributed by atoms with Crippen LogP contribution in [-0.4, -0.2) is 26.3 Å². The number of carbonyl (C=O) groups is 1. The highest BCUT2D eigenvalue weighted by atomic mass is 79.9. The monoisotopic (exact) mass is 469 g/mol. The molecule has 2 aromatic heterocycles. The zero-order valence-electron chi connectivity index (χ0n) is 15.0. The Labute approximate surface area is 179 Å². The Hall–Kier alpha value is -2.22. The van der Waals surface area contributed by atoms with Crippen LogP contribution < -0.4 is 0 Å². The second kappa shape index (κ2) is 8.43. The maximum Gasteiger partial charge on any atom is 0.196 e. The van der Waals surface area contributed by atoms with Gasteiger partial charge >= 0.3 is 0 Å². The third-order valence-corrected chi connectivity index (χ3v) is 6.66. The van der Waals surface area contributed by atoms with Gasteiger partial charge in [0.05, 0.1) is 10.6 Å². The molecule has 0 aliphatic rings. The minimum absolute atomic E-state index is 0.0496. The summed E-state index contributed by atoms with van der Waals surface area (Å²) in [6, 6.07) is 19.7. The van der Waals surface area contributed by atoms with Gasteiger partial charge < -0.3 is 0 Å². The Morgan fingerprint density at radius 1 is 1.07 bits per heavy atom. The molecule has 0 unspecified atom stereocenters. The standard InChI is InChI=1S/C21H16BrN3OS2/c1-14-8-10-15(11-9-14)25-20(19-7-4-12-27-19)23-24-21(25)28-13-18(26)16-5-2-3-6-17(16)22/h2-12H,13H2,1H3. The van der Waals surface area contributed by atoms with Crippen LogP contribution in [0.3, 0.4) is 0 Å². The summed E-state index contributed by atoms with van der Waals surface area (Å²) in [5.74, 6) is 1.13. The van der Waals surface area contributed by atoms with Crippen LogP contribution in [0.5, 0.6) is 0 Å². The molecule has 2 heterocycles. The second-order valence-electron chi connectivity index (χ2n) is 6.15. The number of benzene rings is 2. The van der Waals surface area contributed by atoms with E-state index in [-0.39, 0.29) is 11.5 Å². The number of halogens is 1. The van der Waals surface area contributed by atoms with Gasteiger partial charge in [-0.25, -0.2) is 0 Å². The summed E-state index contributed by atoms with van der Waals surface area (Å²) in [5, 5.41) is 11.5. The fourth-order valence-corrected chi connectivity index (χ4v) is 4.79. The molecule has 0 amide bonds. The molecule has 0 aliphatic carbocycles. The molecule has 28 heavy (non-hydrogen) atoms. The Kier molecular flexibility index (Phi) is 5.75. The van der Waals surface area contributed by atoms with E-state index in [9.17, 15) is 4.79 Å². The van der Waals surface area contributed by atoms with Crippen molar-refractivity contribution < 1.29 is 4.79 Å². The first-order valence-corrected chi connectivity index (χ1v) is 11.3. The van der Waals surface area contributed by atoms with Gasteiger partial charge in [-0.15, -0.1) is 21.5 Å². The van der Waals surface area contributed by atoms with Crippen LogP contribution in [0.4, 0.5) is 0 Å². The number of nitrogens with zero attached hydrogens (tertiary/aromatic N) is 3. The van der Waals surface area contributed by atoms with Crippen molar-refractivity contribution in [3.05, 3.63) is 81.6 Å². The lowest BCUT2D eigenvalue weighted by Crippen LogP contribution is -2.05. The first-order valence-electron chi connectivity index (χ1n) is 8.60. The topological polar surface area (TPSA) is 47.8 Å². The molecule has 7 heteroatoms. The summed E-state index contributed by atoms with van der Waals surface area (Å²) >= 11 is 6.47. The van der Waals surface area contributed by atoms with Crippen molar-refractivity contribution in [3.63, 3.8) is 0 Å². The maximum atomic E-state index is 12.7. The highest BCUT2D eigenvalue weighted by molar-refractivity contribution is 9.10. The molecule has 2 aromatic carbocycles. The van der Waals surface area contributed by atoms with Crippen LogP contribution in [0.25, 0.3) is 16.4 Å². The van der Waals surface area contributed by atoms with E-state index in [1.54, 1.807) is 11.3 Å². The first kappa shape index (κ1) is 19.1. The molecule has 4 rings (SSSR count). The lowest BCUT2D eigenvalue weighted by molar-refractivity contribution is 0.102. The van der Waals surface area contributed by atoms with Crippen molar-refractivity contribution in [1.29, 1.82) is 0 Å². The van der Waals surface area contributed by atoms with Crippen molar-refractivity contribution in [2.24, 2.45) is 0 Å². The van der Waals surface area contributed by atoms with Gasteiger partial charge in [0.25, 0.3) is 0 Å². The summed E-state index contributed by atoms with van der Waals surface area (Å²) in [6.45, 7) is 2.06. The Balaban J connectivity index is 1.66. The van der Waals surface area contributed by atoms with E-state index in [1.807, 2.05) is 46.3 Å². The zero-order valence-corrected chi connectivity index (χ0v) is 18.2. The SMILES string of the molecule is Cc1ccc(-n2c(SCC(=O)c3ccccc3Br)nnc2-c2cccs2)cc1. The lowest BCUT2D eigenvalue weighted by atomic mass is 10.1. The molecule has 0 fully saturated rings. The van der Waals surface area contributed by atoms with Gasteiger partial charge in [0.15, 0.2) is 16.8 Å². The number of aromatic nitrogens is 3. The minimum Gasteiger partial charge on any atom is -0.293 e. The van der Waals surface area contributed by atoms with Gasteiger partial charge in [0.2, 0.25) is 0 Å². The molecular weight excluding hydrogens is 454 g/mol. The van der Waals surface area contributed by atoms with Gasteiger partial charge in [0, 0.05) is 15.7 Å². The number of hydrogen-bond acceptors (Lipinski definition) is 5. The number of aryl methyl sites for hydroxylation is 1. The van der Waals surface area contributed by atoms with Gasteiger partial charge in [-0.1, -0.05) is 69.7 Å². The highest BCUT2D eigenvalue weighted by Crippen LogP contribution is 2.31. The molecular formula is C21H16BrN3OS2. The summed E-state index contributed by atoms with van der Waals surface area (Å²) in [4.78, 5) is 13.7. The van der Waals surface area contributed by atoms with Crippen LogP contribution in [0.15, 0.2) is 75.7 Å². The number of carbonyl (C=O) groups excluding carboxylic acids is 1. The number of thiophene rings is 1. The van der Waals surface area contributed by atoms with Gasteiger partial charge in [-0.2, -0.15) is 0 Å². The molecule has 4 aromatic rings. The highest BCUT2D eigenvalue weighted by Gasteiger charge is 2.19. The third kappa shape index (κ3) is 3.97. The summed E-state index contributed by atoms with van der Waals surface area (Å²) in [5.41, 5.74) is 2.84. The number of Topliss-reactive ketones (excluding diaryl/α,β-unsaturated/α-hetero) is 1. The van der Waals surface area contributed by atoms with Crippen LogP contribution >= 0.6 is 39.0 Å². The van der Waals surface area contributed by atoms with E-state index >= 15 is 0 Å². The molecule has 0 spiro atoms. The summed E-state index contributed by atoms with van der Waals surface area (Å²) < 4.78 is 2.82. The summed E-state index contributed by atoms with van der Waals surface area (Å²) in [7, 11) is 0. The van der Waals surface area contributed by atoms with Crippen molar-refractivity contribution in [1.82, 2.24) is 14.8 Å². The molecule has 0 atom stereocenters. The van der Waals surface area contributed by atoms with E-state index in [1.165, 1.54) is 17.3 Å². The lowest BCUT2D eigenvalue weighted by Gasteiger charge is -2.10. The second-order valence-corrected chi connectivity index (χ2v) is 8.89. The minimum atomic E-state index is 0.0496. The van der Waals surface area contributed by atoms with E-state index in [4.69, 9.17) is 0 Å². The smallest absolute Gasteiger partial charge is 0.196 e. The quantitative estimate of drug-likeness (QED) is 0.255. The third-order valence-electron chi connectivity index (χ3n) is 4.17. The molecule has 0 aliphatic heterocycles. The van der Waals surface area contributed by atoms with Gasteiger partial charge in [-0.3, -0.25) is 9.36 Å². The maximum absolute atomic E-state index is 12.7. The first-order chi connectivity index (χ1) is 13.6. The molecule has 0 N–H and O–H groups in total. The van der Waals surface area contributed by atoms with E-state index in [0.29, 0.717) is 10.7 Å². The molecule has 0 bridgehead atoms. The molecule has 0 saturated carbocycles. The van der Waals surface area contributed by atoms with Crippen LogP contribution in [0.1, 0.15) is 15.9 Å². The average Bonchev–Trinajstić information content (AvgIpc) is 3.37. The molecule has 0 saturated heterocycles. The van der Waals surface area contributed by atoms with E-state index < -0.39 is 0 Å². The van der Waals surface area contributed by atoms with Gasteiger partial charge in [-0.05, 0) is 36.6 Å². The Morgan fingerprint density at radius 2 is 1.86 bits per heavy atom. The molecule has 140 valence electrons. The van der Waals surface area contributed by atoms with E-state index in [0.717, 1.165) is 20.9 Å². The van der Waals surface area contributed by atoms with Crippen LogP contribution in [0, 0.1) is 6.92 Å². The van der Waals surface area contributed by atoms with Crippen molar-refractivity contribution in [2.75, 3.05) is 5.75 Å².